The fourth-order valence-corrected chi connectivity index (χ4v) is 2.38. The van der Waals surface area contributed by atoms with Crippen molar-refractivity contribution in [2.24, 2.45) is 0 Å². The minimum absolute atomic E-state index is 0.0649. The molecule has 0 aliphatic rings. The zero-order chi connectivity index (χ0) is 16.2. The van der Waals surface area contributed by atoms with E-state index in [-0.39, 0.29) is 23.0 Å². The Morgan fingerprint density at radius 1 is 1.29 bits per heavy atom. The summed E-state index contributed by atoms with van der Waals surface area (Å²) >= 11 is 0. The number of carbonyl (C=O) groups excluding carboxylic acids is 2. The maximum Gasteiger partial charge on any atom is 0.325 e. The summed E-state index contributed by atoms with van der Waals surface area (Å²) in [5.41, 5.74) is 0.218. The predicted molar refractivity (Wildman–Crippen MR) is 77.7 cm³/mol. The van der Waals surface area contributed by atoms with Gasteiger partial charge >= 0.3 is 5.97 Å². The van der Waals surface area contributed by atoms with E-state index in [9.17, 15) is 18.0 Å². The molecular weight excluding hydrogens is 294 g/mol. The van der Waals surface area contributed by atoms with Crippen LogP contribution in [0.2, 0.25) is 0 Å². The van der Waals surface area contributed by atoms with Gasteiger partial charge in [0.05, 0.1) is 12.0 Å². The molecule has 0 fully saturated rings. The highest BCUT2D eigenvalue weighted by atomic mass is 32.2. The Bertz CT molecular complexity index is 637. The number of hydrogen-bond donors (Lipinski definition) is 0. The maximum atomic E-state index is 12.4. The van der Waals surface area contributed by atoms with E-state index in [4.69, 9.17) is 0 Å². The molecule has 0 N–H and O–H groups in total. The lowest BCUT2D eigenvalue weighted by Gasteiger charge is -2.25. The van der Waals surface area contributed by atoms with Crippen LogP contribution in [0.3, 0.4) is 0 Å². The second-order valence-corrected chi connectivity index (χ2v) is 6.92. The molecule has 1 amide bonds. The van der Waals surface area contributed by atoms with Crippen LogP contribution in [-0.2, 0) is 19.4 Å². The Balaban J connectivity index is 3.13. The van der Waals surface area contributed by atoms with Crippen molar-refractivity contribution in [3.05, 3.63) is 29.8 Å². The van der Waals surface area contributed by atoms with Gasteiger partial charge in [0.25, 0.3) is 5.91 Å². The molecule has 0 aromatic heterocycles. The molecule has 0 heterocycles. The number of methoxy groups -OCH3 is 1. The molecule has 0 saturated heterocycles. The highest BCUT2D eigenvalue weighted by molar-refractivity contribution is 7.90. The number of amides is 1. The van der Waals surface area contributed by atoms with E-state index in [1.54, 1.807) is 13.8 Å². The number of rotatable bonds is 5. The standard InChI is InChI=1S/C14H19NO5S/c1-10(2)15(9-13(16)20-3)14(17)11-6-5-7-12(8-11)21(4,18)19/h5-8,10H,9H2,1-4H3. The van der Waals surface area contributed by atoms with Crippen molar-refractivity contribution in [3.8, 4) is 0 Å². The maximum absolute atomic E-state index is 12.4. The van der Waals surface area contributed by atoms with Crippen LogP contribution in [0.5, 0.6) is 0 Å². The molecule has 0 saturated carbocycles. The summed E-state index contributed by atoms with van der Waals surface area (Å²) in [7, 11) is -2.15. The Labute approximate surface area is 124 Å². The first-order valence-electron chi connectivity index (χ1n) is 6.34. The molecule has 7 heteroatoms. The fraction of sp³-hybridized carbons (Fsp3) is 0.429. The number of carbonyl (C=O) groups is 2. The first kappa shape index (κ1) is 17.2. The smallest absolute Gasteiger partial charge is 0.325 e. The Kier molecular flexibility index (Phi) is 5.48. The molecule has 0 spiro atoms. The number of hydrogen-bond acceptors (Lipinski definition) is 5. The van der Waals surface area contributed by atoms with Crippen LogP contribution in [0, 0.1) is 0 Å². The van der Waals surface area contributed by atoms with Crippen molar-refractivity contribution in [1.29, 1.82) is 0 Å². The van der Waals surface area contributed by atoms with Crippen molar-refractivity contribution in [3.63, 3.8) is 0 Å². The second kappa shape index (κ2) is 6.71. The Morgan fingerprint density at radius 3 is 2.38 bits per heavy atom. The SMILES string of the molecule is COC(=O)CN(C(=O)c1cccc(S(C)(=O)=O)c1)C(C)C. The molecule has 0 aliphatic heterocycles. The fourth-order valence-electron chi connectivity index (χ4n) is 1.72. The summed E-state index contributed by atoms with van der Waals surface area (Å²) in [6.07, 6.45) is 1.07. The molecule has 116 valence electrons. The normalized spacial score (nSPS) is 11.3. The van der Waals surface area contributed by atoms with Crippen LogP contribution >= 0.6 is 0 Å². The molecule has 0 atom stereocenters. The molecule has 0 bridgehead atoms. The van der Waals surface area contributed by atoms with Crippen molar-refractivity contribution in [1.82, 2.24) is 4.90 Å². The molecule has 1 aromatic rings. The molecule has 0 aliphatic carbocycles. The molecular formula is C14H19NO5S. The second-order valence-electron chi connectivity index (χ2n) is 4.90. The van der Waals surface area contributed by atoms with Crippen LogP contribution in [0.25, 0.3) is 0 Å². The third-order valence-corrected chi connectivity index (χ3v) is 4.03. The number of ether oxygens (including phenoxy) is 1. The minimum Gasteiger partial charge on any atom is -0.468 e. The molecule has 1 aromatic carbocycles. The van der Waals surface area contributed by atoms with Crippen LogP contribution in [0.1, 0.15) is 24.2 Å². The first-order valence-corrected chi connectivity index (χ1v) is 8.24. The summed E-state index contributed by atoms with van der Waals surface area (Å²) in [6, 6.07) is 5.53. The van der Waals surface area contributed by atoms with Gasteiger partial charge in [-0.1, -0.05) is 6.07 Å². The first-order chi connectivity index (χ1) is 9.66. The summed E-state index contributed by atoms with van der Waals surface area (Å²) in [5, 5.41) is 0. The largest absolute Gasteiger partial charge is 0.468 e. The average molecular weight is 313 g/mol. The van der Waals surface area contributed by atoms with Gasteiger partial charge in [-0.05, 0) is 32.0 Å². The molecule has 1 rings (SSSR count). The highest BCUT2D eigenvalue weighted by Gasteiger charge is 2.22. The lowest BCUT2D eigenvalue weighted by molar-refractivity contribution is -0.141. The van der Waals surface area contributed by atoms with Gasteiger partial charge in [0.15, 0.2) is 9.84 Å². The van der Waals surface area contributed by atoms with Gasteiger partial charge in [-0.3, -0.25) is 9.59 Å². The minimum atomic E-state index is -3.39. The number of nitrogens with zero attached hydrogens (tertiary/aromatic N) is 1. The highest BCUT2D eigenvalue weighted by Crippen LogP contribution is 2.14. The number of sulfone groups is 1. The van der Waals surface area contributed by atoms with E-state index in [1.807, 2.05) is 0 Å². The quantitative estimate of drug-likeness (QED) is 0.761. The molecule has 0 unspecified atom stereocenters. The number of benzene rings is 1. The van der Waals surface area contributed by atoms with Crippen LogP contribution in [-0.4, -0.2) is 51.1 Å². The van der Waals surface area contributed by atoms with Crippen LogP contribution in [0.15, 0.2) is 29.2 Å². The predicted octanol–water partition coefficient (Wildman–Crippen LogP) is 1.11. The van der Waals surface area contributed by atoms with Gasteiger partial charge in [-0.2, -0.15) is 0 Å². The topological polar surface area (TPSA) is 80.8 Å². The van der Waals surface area contributed by atoms with Crippen molar-refractivity contribution in [2.45, 2.75) is 24.8 Å². The van der Waals surface area contributed by atoms with E-state index in [1.165, 1.54) is 36.3 Å². The van der Waals surface area contributed by atoms with Crippen molar-refractivity contribution < 1.29 is 22.7 Å². The molecule has 21 heavy (non-hydrogen) atoms. The van der Waals surface area contributed by atoms with E-state index < -0.39 is 21.7 Å². The van der Waals surface area contributed by atoms with Gasteiger partial charge in [-0.25, -0.2) is 8.42 Å². The zero-order valence-electron chi connectivity index (χ0n) is 12.5. The monoisotopic (exact) mass is 313 g/mol. The van der Waals surface area contributed by atoms with Crippen molar-refractivity contribution >= 4 is 21.7 Å². The summed E-state index contributed by atoms with van der Waals surface area (Å²) in [5.74, 6) is -0.947. The van der Waals surface area contributed by atoms with Gasteiger partial charge in [-0.15, -0.1) is 0 Å². The summed E-state index contributed by atoms with van der Waals surface area (Å²) in [6.45, 7) is 3.35. The van der Waals surface area contributed by atoms with Gasteiger partial charge in [0.1, 0.15) is 6.54 Å². The third kappa shape index (κ3) is 4.56. The van der Waals surface area contributed by atoms with E-state index >= 15 is 0 Å². The Morgan fingerprint density at radius 2 is 1.90 bits per heavy atom. The average Bonchev–Trinajstić information content (AvgIpc) is 2.42. The zero-order valence-corrected chi connectivity index (χ0v) is 13.3. The van der Waals surface area contributed by atoms with E-state index in [0.717, 1.165) is 6.26 Å². The molecule has 0 radical (unpaired) electrons. The molecule has 6 nitrogen and oxygen atoms in total. The van der Waals surface area contributed by atoms with Gasteiger partial charge < -0.3 is 9.64 Å². The van der Waals surface area contributed by atoms with Crippen LogP contribution in [0.4, 0.5) is 0 Å². The van der Waals surface area contributed by atoms with Gasteiger partial charge in [0, 0.05) is 17.9 Å². The van der Waals surface area contributed by atoms with Crippen LogP contribution < -0.4 is 0 Å². The number of esters is 1. The summed E-state index contributed by atoms with van der Waals surface area (Å²) < 4.78 is 27.6. The lowest BCUT2D eigenvalue weighted by Crippen LogP contribution is -2.41. The van der Waals surface area contributed by atoms with Crippen molar-refractivity contribution in [2.75, 3.05) is 19.9 Å². The summed E-state index contributed by atoms with van der Waals surface area (Å²) in [4.78, 5) is 25.2. The van der Waals surface area contributed by atoms with E-state index in [0.29, 0.717) is 0 Å². The third-order valence-electron chi connectivity index (χ3n) is 2.92. The van der Waals surface area contributed by atoms with Gasteiger partial charge in [0.2, 0.25) is 0 Å². The lowest BCUT2D eigenvalue weighted by atomic mass is 10.1. The van der Waals surface area contributed by atoms with E-state index in [2.05, 4.69) is 4.74 Å². The Hall–Kier alpha value is -1.89.